The summed E-state index contributed by atoms with van der Waals surface area (Å²) in [6.07, 6.45) is 10.6. The van der Waals surface area contributed by atoms with Gasteiger partial charge in [-0.1, -0.05) is 88.4 Å². The zero-order chi connectivity index (χ0) is 30.4. The molecule has 2 saturated heterocycles. The largest absolute Gasteiger partial charge is 0.457 e. The number of esters is 1. The Hall–Kier alpha value is -2.29. The van der Waals surface area contributed by atoms with Crippen LogP contribution in [0.25, 0.3) is 0 Å². The third-order valence-corrected chi connectivity index (χ3v) is 9.04. The molecule has 0 saturated carbocycles. The molecule has 0 spiro atoms. The smallest absolute Gasteiger partial charge is 0.309 e. The molecule has 1 unspecified atom stereocenters. The van der Waals surface area contributed by atoms with E-state index in [9.17, 15) is 15.0 Å². The van der Waals surface area contributed by atoms with Crippen LogP contribution in [-0.4, -0.2) is 58.4 Å². The molecule has 0 bridgehead atoms. The number of hydrogen-bond donors (Lipinski definition) is 2. The minimum atomic E-state index is -0.826. The lowest BCUT2D eigenvalue weighted by atomic mass is 9.89. The standard InChI is InChI=1S/C35H50O7/c1-7-28(37)25(5)33-29(39-33)20-22(2)12-11-13-23(3)32-24(4)16-17-30-35(6,19-18-27(36)21-31(38)41-32)42-34(40-30)26-14-9-8-10-15-26/h8-17,22,24-25,27-30,32-34,36-37H,7,18-21H2,1-6H3/b12-11+,17-16+,23-13+/t22-,24+,25-,27-,28+,29-,30+,32-,33-,34?,35-/m1/s1. The Balaban J connectivity index is 1.44. The molecule has 11 atom stereocenters. The van der Waals surface area contributed by atoms with Crippen molar-refractivity contribution >= 4 is 5.97 Å². The van der Waals surface area contributed by atoms with Gasteiger partial charge in [0.05, 0.1) is 36.4 Å². The second kappa shape index (κ2) is 14.5. The highest BCUT2D eigenvalue weighted by atomic mass is 16.7. The number of hydrogen-bond acceptors (Lipinski definition) is 7. The minimum Gasteiger partial charge on any atom is -0.457 e. The van der Waals surface area contributed by atoms with Crippen LogP contribution in [0.4, 0.5) is 0 Å². The normalized spacial score (nSPS) is 37.2. The second-order valence-corrected chi connectivity index (χ2v) is 12.8. The predicted octanol–water partition coefficient (Wildman–Crippen LogP) is 6.21. The van der Waals surface area contributed by atoms with E-state index in [0.29, 0.717) is 18.8 Å². The maximum atomic E-state index is 12.8. The molecule has 0 radical (unpaired) electrons. The topological polar surface area (TPSA) is 97.8 Å². The van der Waals surface area contributed by atoms with Gasteiger partial charge in [-0.25, -0.2) is 0 Å². The van der Waals surface area contributed by atoms with E-state index < -0.39 is 30.1 Å². The molecule has 3 aliphatic rings. The van der Waals surface area contributed by atoms with Gasteiger partial charge in [0.25, 0.3) is 0 Å². The summed E-state index contributed by atoms with van der Waals surface area (Å²) in [6.45, 7) is 12.2. The van der Waals surface area contributed by atoms with Crippen LogP contribution in [0.1, 0.15) is 85.5 Å². The molecule has 1 aromatic rings. The van der Waals surface area contributed by atoms with E-state index >= 15 is 0 Å². The third-order valence-electron chi connectivity index (χ3n) is 9.04. The highest BCUT2D eigenvalue weighted by molar-refractivity contribution is 5.70. The van der Waals surface area contributed by atoms with Crippen LogP contribution in [0.15, 0.2) is 66.3 Å². The zero-order valence-corrected chi connectivity index (χ0v) is 26.0. The van der Waals surface area contributed by atoms with E-state index in [1.165, 1.54) is 0 Å². The summed E-state index contributed by atoms with van der Waals surface area (Å²) in [5, 5.41) is 20.8. The molecule has 2 fully saturated rings. The fraction of sp³-hybridized carbons (Fsp3) is 0.629. The first-order valence-electron chi connectivity index (χ1n) is 15.6. The molecule has 7 heteroatoms. The molecule has 4 rings (SSSR count). The van der Waals surface area contributed by atoms with Crippen LogP contribution in [0.5, 0.6) is 0 Å². The van der Waals surface area contributed by atoms with Crippen molar-refractivity contribution in [3.8, 4) is 0 Å². The number of cyclic esters (lactones) is 1. The fourth-order valence-corrected chi connectivity index (χ4v) is 6.09. The van der Waals surface area contributed by atoms with Crippen LogP contribution >= 0.6 is 0 Å². The second-order valence-electron chi connectivity index (χ2n) is 12.8. The van der Waals surface area contributed by atoms with Gasteiger partial charge in [-0.15, -0.1) is 0 Å². The average Bonchev–Trinajstić information content (AvgIpc) is 3.65. The number of ether oxygens (including phenoxy) is 4. The van der Waals surface area contributed by atoms with Gasteiger partial charge < -0.3 is 29.2 Å². The van der Waals surface area contributed by atoms with Gasteiger partial charge in [0.15, 0.2) is 6.29 Å². The summed E-state index contributed by atoms with van der Waals surface area (Å²) in [7, 11) is 0. The first kappa shape index (κ1) is 32.6. The van der Waals surface area contributed by atoms with E-state index in [4.69, 9.17) is 18.9 Å². The minimum absolute atomic E-state index is 0.0650. The predicted molar refractivity (Wildman–Crippen MR) is 162 cm³/mol. The number of carbonyl (C=O) groups excluding carboxylic acids is 1. The van der Waals surface area contributed by atoms with Crippen molar-refractivity contribution in [2.45, 2.75) is 122 Å². The zero-order valence-electron chi connectivity index (χ0n) is 26.0. The Bertz CT molecular complexity index is 1110. The Morgan fingerprint density at radius 1 is 1.17 bits per heavy atom. The van der Waals surface area contributed by atoms with Gasteiger partial charge in [-0.2, -0.15) is 0 Å². The molecule has 3 aliphatic heterocycles. The van der Waals surface area contributed by atoms with Crippen LogP contribution in [-0.2, 0) is 23.7 Å². The van der Waals surface area contributed by atoms with Crippen molar-refractivity contribution in [2.24, 2.45) is 17.8 Å². The number of carbonyl (C=O) groups is 1. The number of allylic oxidation sites excluding steroid dienone is 3. The number of fused-ring (bicyclic) bond motifs is 1. The monoisotopic (exact) mass is 582 g/mol. The molecule has 42 heavy (non-hydrogen) atoms. The van der Waals surface area contributed by atoms with E-state index in [1.807, 2.05) is 76.3 Å². The number of benzene rings is 1. The average molecular weight is 583 g/mol. The summed E-state index contributed by atoms with van der Waals surface area (Å²) in [6, 6.07) is 9.86. The molecule has 1 aromatic carbocycles. The van der Waals surface area contributed by atoms with E-state index in [1.54, 1.807) is 0 Å². The van der Waals surface area contributed by atoms with Gasteiger partial charge in [0.1, 0.15) is 12.2 Å². The van der Waals surface area contributed by atoms with Gasteiger partial charge in [0.2, 0.25) is 0 Å². The van der Waals surface area contributed by atoms with Gasteiger partial charge >= 0.3 is 5.97 Å². The van der Waals surface area contributed by atoms with Crippen LogP contribution in [0.3, 0.4) is 0 Å². The number of aliphatic hydroxyl groups is 2. The summed E-state index contributed by atoms with van der Waals surface area (Å²) in [5.41, 5.74) is 1.23. The molecule has 3 heterocycles. The number of epoxide rings is 1. The maximum Gasteiger partial charge on any atom is 0.309 e. The van der Waals surface area contributed by atoms with E-state index in [-0.39, 0.29) is 42.7 Å². The van der Waals surface area contributed by atoms with Crippen molar-refractivity contribution in [1.82, 2.24) is 0 Å². The summed E-state index contributed by atoms with van der Waals surface area (Å²) < 4.78 is 24.6. The molecular formula is C35H50O7. The molecule has 0 amide bonds. The SMILES string of the molecule is CC[C@H](O)[C@@H](C)[C@H]1O[C@@H]1C[C@H](C)/C=C/C=C(\C)[C@H]1OC(=O)C[C@H](O)CC[C@@]2(C)OC(c3ccccc3)O[C@H]2/C=C/[C@@H]1C. The van der Waals surface area contributed by atoms with Gasteiger partial charge in [0, 0.05) is 17.4 Å². The van der Waals surface area contributed by atoms with Gasteiger partial charge in [-0.3, -0.25) is 4.79 Å². The lowest BCUT2D eigenvalue weighted by molar-refractivity contribution is -0.151. The summed E-state index contributed by atoms with van der Waals surface area (Å²) in [4.78, 5) is 12.8. The molecular weight excluding hydrogens is 532 g/mol. The van der Waals surface area contributed by atoms with Crippen molar-refractivity contribution in [1.29, 1.82) is 0 Å². The summed E-state index contributed by atoms with van der Waals surface area (Å²) >= 11 is 0. The Morgan fingerprint density at radius 2 is 1.90 bits per heavy atom. The first-order valence-corrected chi connectivity index (χ1v) is 15.6. The molecule has 232 valence electrons. The Kier molecular flexibility index (Phi) is 11.2. The van der Waals surface area contributed by atoms with Crippen molar-refractivity contribution in [3.63, 3.8) is 0 Å². The summed E-state index contributed by atoms with van der Waals surface area (Å²) in [5.74, 6) is -0.0870. The first-order chi connectivity index (χ1) is 20.0. The lowest BCUT2D eigenvalue weighted by Gasteiger charge is -2.30. The fourth-order valence-electron chi connectivity index (χ4n) is 6.09. The van der Waals surface area contributed by atoms with Gasteiger partial charge in [-0.05, 0) is 51.0 Å². The molecule has 2 N–H and O–H groups in total. The quantitative estimate of drug-likeness (QED) is 0.155. The lowest BCUT2D eigenvalue weighted by Crippen LogP contribution is -2.37. The van der Waals surface area contributed by atoms with Crippen molar-refractivity contribution in [3.05, 3.63) is 71.8 Å². The molecule has 0 aromatic heterocycles. The van der Waals surface area contributed by atoms with Crippen LogP contribution < -0.4 is 0 Å². The van der Waals surface area contributed by atoms with E-state index in [0.717, 1.165) is 24.0 Å². The highest BCUT2D eigenvalue weighted by Gasteiger charge is 2.46. The van der Waals surface area contributed by atoms with Crippen molar-refractivity contribution in [2.75, 3.05) is 0 Å². The molecule has 7 nitrogen and oxygen atoms in total. The highest BCUT2D eigenvalue weighted by Crippen LogP contribution is 2.42. The Labute approximate surface area is 251 Å². The third kappa shape index (κ3) is 8.42. The number of rotatable bonds is 9. The van der Waals surface area contributed by atoms with E-state index in [2.05, 4.69) is 26.0 Å². The van der Waals surface area contributed by atoms with Crippen molar-refractivity contribution < 1.29 is 34.0 Å². The Morgan fingerprint density at radius 3 is 2.62 bits per heavy atom. The van der Waals surface area contributed by atoms with Crippen LogP contribution in [0, 0.1) is 17.8 Å². The van der Waals surface area contributed by atoms with Crippen LogP contribution in [0.2, 0.25) is 0 Å². The number of aliphatic hydroxyl groups excluding tert-OH is 2. The maximum absolute atomic E-state index is 12.8. The molecule has 0 aliphatic carbocycles.